The second-order valence-electron chi connectivity index (χ2n) is 4.21. The molecule has 0 saturated heterocycles. The van der Waals surface area contributed by atoms with Gasteiger partial charge in [0.15, 0.2) is 6.10 Å². The van der Waals surface area contributed by atoms with Crippen molar-refractivity contribution in [3.05, 3.63) is 27.2 Å². The first-order chi connectivity index (χ1) is 8.02. The predicted molar refractivity (Wildman–Crippen MR) is 65.0 cm³/mol. The Morgan fingerprint density at radius 3 is 2.65 bits per heavy atom. The highest BCUT2D eigenvalue weighted by Gasteiger charge is 2.25. The van der Waals surface area contributed by atoms with Crippen molar-refractivity contribution in [3.63, 3.8) is 0 Å². The van der Waals surface area contributed by atoms with E-state index in [1.807, 2.05) is 0 Å². The Morgan fingerprint density at radius 1 is 1.35 bits per heavy atom. The van der Waals surface area contributed by atoms with Gasteiger partial charge in [-0.05, 0) is 58.8 Å². The number of aliphatic hydroxyl groups excluding tert-OH is 1. The van der Waals surface area contributed by atoms with E-state index in [0.717, 1.165) is 36.8 Å². The maximum Gasteiger partial charge on any atom is 0.337 e. The molecule has 5 heteroatoms. The molecule has 4 nitrogen and oxygen atoms in total. The van der Waals surface area contributed by atoms with Crippen molar-refractivity contribution < 1.29 is 20.1 Å². The molecule has 0 fully saturated rings. The fraction of sp³-hybridized carbons (Fsp3) is 0.417. The van der Waals surface area contributed by atoms with Gasteiger partial charge < -0.3 is 15.3 Å². The number of phenols is 1. The number of aliphatic carboxylic acids is 1. The van der Waals surface area contributed by atoms with Gasteiger partial charge in [0, 0.05) is 5.56 Å². The Kier molecular flexibility index (Phi) is 3.40. The Morgan fingerprint density at radius 2 is 2.00 bits per heavy atom. The molecule has 1 unspecified atom stereocenters. The Hall–Kier alpha value is -1.07. The number of aryl methyl sites for hydroxylation is 1. The number of hydrogen-bond donors (Lipinski definition) is 3. The number of benzene rings is 1. The summed E-state index contributed by atoms with van der Waals surface area (Å²) in [6.07, 6.45) is 2.15. The van der Waals surface area contributed by atoms with Crippen LogP contribution in [0.5, 0.6) is 5.75 Å². The minimum atomic E-state index is -1.68. The molecule has 0 amide bonds. The number of fused-ring (bicyclic) bond motifs is 1. The van der Waals surface area contributed by atoms with Crippen molar-refractivity contribution in [2.45, 2.75) is 31.8 Å². The number of hydrogen-bond acceptors (Lipinski definition) is 3. The molecule has 1 aromatic rings. The smallest absolute Gasteiger partial charge is 0.337 e. The summed E-state index contributed by atoms with van der Waals surface area (Å²) in [7, 11) is 0. The molecule has 1 aliphatic carbocycles. The first kappa shape index (κ1) is 12.4. The van der Waals surface area contributed by atoms with Crippen molar-refractivity contribution in [1.29, 1.82) is 0 Å². The number of phenolic OH excluding ortho intramolecular Hbond substituents is 1. The number of carboxylic acid groups (broad SMARTS) is 1. The van der Waals surface area contributed by atoms with Crippen molar-refractivity contribution in [1.82, 2.24) is 0 Å². The normalized spacial score (nSPS) is 16.4. The molecule has 0 spiro atoms. The van der Waals surface area contributed by atoms with Gasteiger partial charge in [-0.25, -0.2) is 4.79 Å². The number of halogens is 1. The quantitative estimate of drug-likeness (QED) is 0.782. The molecule has 0 heterocycles. The van der Waals surface area contributed by atoms with Crippen molar-refractivity contribution in [2.75, 3.05) is 0 Å². The minimum Gasteiger partial charge on any atom is -0.506 e. The van der Waals surface area contributed by atoms with Crippen LogP contribution in [0.1, 0.15) is 35.6 Å². The Labute approximate surface area is 107 Å². The van der Waals surface area contributed by atoms with Gasteiger partial charge >= 0.3 is 5.97 Å². The number of aromatic hydroxyl groups is 1. The lowest BCUT2D eigenvalue weighted by atomic mass is 9.89. The molecule has 0 aliphatic heterocycles. The second-order valence-corrected chi connectivity index (χ2v) is 5.01. The minimum absolute atomic E-state index is 0.0602. The zero-order chi connectivity index (χ0) is 12.6. The van der Waals surface area contributed by atoms with Crippen molar-refractivity contribution >= 4 is 21.9 Å². The summed E-state index contributed by atoms with van der Waals surface area (Å²) in [5.41, 5.74) is 2.09. The van der Waals surface area contributed by atoms with E-state index in [1.165, 1.54) is 0 Å². The van der Waals surface area contributed by atoms with Crippen molar-refractivity contribution in [3.8, 4) is 5.75 Å². The third-order valence-electron chi connectivity index (χ3n) is 3.12. The molecular weight excluding hydrogens is 288 g/mol. The predicted octanol–water partition coefficient (Wildman–Crippen LogP) is 2.15. The first-order valence-corrected chi connectivity index (χ1v) is 6.25. The average molecular weight is 301 g/mol. The average Bonchev–Trinajstić information content (AvgIpc) is 2.33. The molecule has 92 valence electrons. The van der Waals surface area contributed by atoms with Crippen LogP contribution in [-0.4, -0.2) is 21.3 Å². The summed E-state index contributed by atoms with van der Waals surface area (Å²) in [5, 5.41) is 28.2. The van der Waals surface area contributed by atoms with E-state index in [4.69, 9.17) is 5.11 Å². The second kappa shape index (κ2) is 4.66. The van der Waals surface area contributed by atoms with Gasteiger partial charge in [-0.15, -0.1) is 0 Å². The van der Waals surface area contributed by atoms with E-state index in [2.05, 4.69) is 15.9 Å². The zero-order valence-electron chi connectivity index (χ0n) is 9.11. The number of carbonyl (C=O) groups is 1. The maximum absolute atomic E-state index is 10.8. The standard InChI is InChI=1S/C12H13BrO4/c13-9-7-4-2-1-3-6(7)5-8(10(9)14)11(15)12(16)17/h5,11,14-15H,1-4H2,(H,16,17). The third-order valence-corrected chi connectivity index (χ3v) is 3.97. The lowest BCUT2D eigenvalue weighted by Gasteiger charge is -2.21. The van der Waals surface area contributed by atoms with Crippen LogP contribution in [-0.2, 0) is 17.6 Å². The first-order valence-electron chi connectivity index (χ1n) is 5.46. The lowest BCUT2D eigenvalue weighted by Crippen LogP contribution is -2.13. The summed E-state index contributed by atoms with van der Waals surface area (Å²) in [6.45, 7) is 0. The molecule has 2 rings (SSSR count). The van der Waals surface area contributed by atoms with Crippen LogP contribution >= 0.6 is 15.9 Å². The molecule has 17 heavy (non-hydrogen) atoms. The highest BCUT2D eigenvalue weighted by Crippen LogP contribution is 2.39. The van der Waals surface area contributed by atoms with Crippen LogP contribution in [0.25, 0.3) is 0 Å². The number of aliphatic hydroxyl groups is 1. The summed E-state index contributed by atoms with van der Waals surface area (Å²) >= 11 is 3.28. The molecular formula is C12H13BrO4. The molecule has 0 bridgehead atoms. The topological polar surface area (TPSA) is 77.8 Å². The third kappa shape index (κ3) is 2.17. The summed E-state index contributed by atoms with van der Waals surface area (Å²) in [5.74, 6) is -1.52. The van der Waals surface area contributed by atoms with Crippen LogP contribution in [0.2, 0.25) is 0 Å². The molecule has 0 saturated carbocycles. The van der Waals surface area contributed by atoms with E-state index in [9.17, 15) is 15.0 Å². The van der Waals surface area contributed by atoms with E-state index < -0.39 is 12.1 Å². The Balaban J connectivity index is 2.55. The largest absolute Gasteiger partial charge is 0.506 e. The van der Waals surface area contributed by atoms with E-state index in [1.54, 1.807) is 6.07 Å². The highest BCUT2D eigenvalue weighted by molar-refractivity contribution is 9.10. The Bertz CT molecular complexity index is 470. The molecule has 1 aromatic carbocycles. The van der Waals surface area contributed by atoms with Crippen LogP contribution in [0.4, 0.5) is 0 Å². The molecule has 3 N–H and O–H groups in total. The summed E-state index contributed by atoms with van der Waals surface area (Å²) < 4.78 is 0.519. The van der Waals surface area contributed by atoms with Gasteiger partial charge in [0.25, 0.3) is 0 Å². The van der Waals surface area contributed by atoms with Gasteiger partial charge in [0.1, 0.15) is 5.75 Å². The fourth-order valence-corrected chi connectivity index (χ4v) is 2.89. The molecule has 0 aromatic heterocycles. The van der Waals surface area contributed by atoms with Crippen LogP contribution in [0.3, 0.4) is 0 Å². The van der Waals surface area contributed by atoms with Crippen LogP contribution in [0, 0.1) is 0 Å². The van der Waals surface area contributed by atoms with Gasteiger partial charge in [-0.3, -0.25) is 0 Å². The van der Waals surface area contributed by atoms with E-state index in [-0.39, 0.29) is 11.3 Å². The molecule has 0 radical (unpaired) electrons. The van der Waals surface area contributed by atoms with Crippen LogP contribution < -0.4 is 0 Å². The van der Waals surface area contributed by atoms with Gasteiger partial charge in [0.2, 0.25) is 0 Å². The van der Waals surface area contributed by atoms with Crippen LogP contribution in [0.15, 0.2) is 10.5 Å². The number of carboxylic acids is 1. The molecule has 1 atom stereocenters. The summed E-state index contributed by atoms with van der Waals surface area (Å²) in [6, 6.07) is 1.60. The maximum atomic E-state index is 10.8. The van der Waals surface area contributed by atoms with E-state index in [0.29, 0.717) is 4.47 Å². The highest BCUT2D eigenvalue weighted by atomic mass is 79.9. The van der Waals surface area contributed by atoms with E-state index >= 15 is 0 Å². The molecule has 1 aliphatic rings. The zero-order valence-corrected chi connectivity index (χ0v) is 10.7. The van der Waals surface area contributed by atoms with Crippen molar-refractivity contribution in [2.24, 2.45) is 0 Å². The fourth-order valence-electron chi connectivity index (χ4n) is 2.21. The van der Waals surface area contributed by atoms with Gasteiger partial charge in [0.05, 0.1) is 4.47 Å². The number of rotatable bonds is 2. The monoisotopic (exact) mass is 300 g/mol. The summed E-state index contributed by atoms with van der Waals surface area (Å²) in [4.78, 5) is 10.8. The van der Waals surface area contributed by atoms with Gasteiger partial charge in [-0.1, -0.05) is 0 Å². The lowest BCUT2D eigenvalue weighted by molar-refractivity contribution is -0.147. The SMILES string of the molecule is O=C(O)C(O)c1cc2c(c(Br)c1O)CCCC2. The van der Waals surface area contributed by atoms with Gasteiger partial charge in [-0.2, -0.15) is 0 Å².